The number of hydrogen-bond donors (Lipinski definition) is 0. The van der Waals surface area contributed by atoms with Gasteiger partial charge < -0.3 is 4.74 Å². The molecule has 0 spiro atoms. The van der Waals surface area contributed by atoms with Crippen molar-refractivity contribution in [1.29, 1.82) is 0 Å². The molecule has 0 unspecified atom stereocenters. The van der Waals surface area contributed by atoms with Gasteiger partial charge in [-0.3, -0.25) is 0 Å². The second kappa shape index (κ2) is 3.46. The van der Waals surface area contributed by atoms with E-state index in [1.165, 1.54) is 19.2 Å². The van der Waals surface area contributed by atoms with E-state index in [2.05, 4.69) is 41.0 Å². The monoisotopic (exact) mass is 304 g/mol. The van der Waals surface area contributed by atoms with Gasteiger partial charge in [-0.1, -0.05) is 0 Å². The molecule has 1 nitrogen and oxygen atoms in total. The van der Waals surface area contributed by atoms with Gasteiger partial charge in [-0.15, -0.1) is 11.3 Å². The van der Waals surface area contributed by atoms with E-state index >= 15 is 0 Å². The van der Waals surface area contributed by atoms with E-state index in [4.69, 9.17) is 4.74 Å². The largest absolute Gasteiger partial charge is 0.496 e. The Hall–Kier alpha value is -0.290. The lowest BCUT2D eigenvalue weighted by atomic mass is 10.2. The van der Waals surface area contributed by atoms with Crippen LogP contribution in [0.15, 0.2) is 17.5 Å². The molecule has 0 aliphatic rings. The quantitative estimate of drug-likeness (QED) is 0.728. The predicted molar refractivity (Wildman–Crippen MR) is 65.8 cm³/mol. The van der Waals surface area contributed by atoms with Crippen molar-refractivity contribution in [2.24, 2.45) is 0 Å². The molecule has 3 heteroatoms. The van der Waals surface area contributed by atoms with E-state index in [-0.39, 0.29) is 0 Å². The summed E-state index contributed by atoms with van der Waals surface area (Å²) in [5, 5.41) is 3.52. The van der Waals surface area contributed by atoms with Gasteiger partial charge in [-0.05, 0) is 41.6 Å². The number of benzene rings is 1. The van der Waals surface area contributed by atoms with Gasteiger partial charge in [0.15, 0.2) is 0 Å². The minimum absolute atomic E-state index is 0.978. The summed E-state index contributed by atoms with van der Waals surface area (Å²) in [5.41, 5.74) is 1.24. The summed E-state index contributed by atoms with van der Waals surface area (Å²) in [4.78, 5) is 0. The van der Waals surface area contributed by atoms with Crippen LogP contribution in [0, 0.1) is 10.5 Å². The van der Waals surface area contributed by atoms with Crippen molar-refractivity contribution in [3.63, 3.8) is 0 Å². The zero-order valence-electron chi connectivity index (χ0n) is 7.43. The van der Waals surface area contributed by atoms with Gasteiger partial charge in [0.05, 0.1) is 7.11 Å². The molecular formula is C10H9IOS. The van der Waals surface area contributed by atoms with Crippen LogP contribution in [-0.2, 0) is 0 Å². The van der Waals surface area contributed by atoms with Crippen molar-refractivity contribution >= 4 is 44.0 Å². The zero-order valence-corrected chi connectivity index (χ0v) is 10.4. The number of rotatable bonds is 1. The minimum Gasteiger partial charge on any atom is -0.496 e. The summed E-state index contributed by atoms with van der Waals surface area (Å²) in [5.74, 6) is 0.978. The Morgan fingerprint density at radius 1 is 1.38 bits per heavy atom. The molecule has 13 heavy (non-hydrogen) atoms. The number of ether oxygens (including phenoxy) is 1. The molecule has 0 N–H and O–H groups in total. The van der Waals surface area contributed by atoms with Gasteiger partial charge in [0, 0.05) is 24.6 Å². The van der Waals surface area contributed by atoms with Crippen molar-refractivity contribution in [2.45, 2.75) is 6.92 Å². The van der Waals surface area contributed by atoms with Crippen molar-refractivity contribution < 1.29 is 4.74 Å². The lowest BCUT2D eigenvalue weighted by molar-refractivity contribution is 0.412. The minimum atomic E-state index is 0.978. The molecule has 0 bridgehead atoms. The lowest BCUT2D eigenvalue weighted by Crippen LogP contribution is -1.86. The van der Waals surface area contributed by atoms with Gasteiger partial charge in [-0.25, -0.2) is 0 Å². The molecule has 0 saturated carbocycles. The van der Waals surface area contributed by atoms with Gasteiger partial charge in [0.2, 0.25) is 0 Å². The highest BCUT2D eigenvalue weighted by Crippen LogP contribution is 2.34. The summed E-state index contributed by atoms with van der Waals surface area (Å²) in [6.45, 7) is 2.10. The summed E-state index contributed by atoms with van der Waals surface area (Å²) in [6, 6.07) is 4.16. The Balaban J connectivity index is 2.80. The Labute approximate surface area is 94.9 Å². The molecule has 0 amide bonds. The average Bonchev–Trinajstić information content (AvgIpc) is 2.50. The van der Waals surface area contributed by atoms with Crippen LogP contribution in [0.25, 0.3) is 10.1 Å². The average molecular weight is 304 g/mol. The Bertz CT molecular complexity index is 447. The summed E-state index contributed by atoms with van der Waals surface area (Å²) < 4.78 is 7.93. The van der Waals surface area contributed by atoms with Gasteiger partial charge in [0.25, 0.3) is 0 Å². The fourth-order valence-electron chi connectivity index (χ4n) is 1.41. The first-order valence-corrected chi connectivity index (χ1v) is 5.90. The van der Waals surface area contributed by atoms with Crippen LogP contribution in [0.2, 0.25) is 0 Å². The number of hydrogen-bond acceptors (Lipinski definition) is 2. The first-order chi connectivity index (χ1) is 6.24. The van der Waals surface area contributed by atoms with E-state index in [1.54, 1.807) is 18.4 Å². The molecule has 0 aliphatic carbocycles. The Kier molecular flexibility index (Phi) is 2.47. The molecule has 1 aromatic carbocycles. The number of thiophene rings is 1. The standard InChI is InChI=1S/C10H9IOS/c1-6-9(12-2)4-3-7-8(11)5-13-10(6)7/h3-5H,1-2H3. The van der Waals surface area contributed by atoms with Crippen LogP contribution in [0.1, 0.15) is 5.56 Å². The lowest BCUT2D eigenvalue weighted by Gasteiger charge is -2.04. The van der Waals surface area contributed by atoms with Crippen LogP contribution < -0.4 is 4.74 Å². The highest BCUT2D eigenvalue weighted by molar-refractivity contribution is 14.1. The van der Waals surface area contributed by atoms with E-state index in [0.29, 0.717) is 0 Å². The predicted octanol–water partition coefficient (Wildman–Crippen LogP) is 3.82. The Morgan fingerprint density at radius 2 is 2.15 bits per heavy atom. The van der Waals surface area contributed by atoms with Crippen LogP contribution in [-0.4, -0.2) is 7.11 Å². The Morgan fingerprint density at radius 3 is 2.85 bits per heavy atom. The van der Waals surface area contributed by atoms with Crippen molar-refractivity contribution in [3.8, 4) is 5.75 Å². The van der Waals surface area contributed by atoms with Crippen LogP contribution in [0.5, 0.6) is 5.75 Å². The maximum absolute atomic E-state index is 5.27. The van der Waals surface area contributed by atoms with Crippen molar-refractivity contribution in [3.05, 3.63) is 26.6 Å². The van der Waals surface area contributed by atoms with E-state index in [1.807, 2.05) is 6.07 Å². The SMILES string of the molecule is COc1ccc2c(I)csc2c1C. The first-order valence-electron chi connectivity index (χ1n) is 3.94. The maximum Gasteiger partial charge on any atom is 0.123 e. The number of fused-ring (bicyclic) bond motifs is 1. The fourth-order valence-corrected chi connectivity index (χ4v) is 3.35. The number of aryl methyl sites for hydroxylation is 1. The van der Waals surface area contributed by atoms with Gasteiger partial charge in [-0.2, -0.15) is 0 Å². The summed E-state index contributed by atoms with van der Waals surface area (Å²) in [7, 11) is 1.72. The second-order valence-corrected chi connectivity index (χ2v) is 4.89. The molecule has 0 fully saturated rings. The second-order valence-electron chi connectivity index (χ2n) is 2.85. The molecule has 1 aromatic heterocycles. The van der Waals surface area contributed by atoms with E-state index in [0.717, 1.165) is 5.75 Å². The molecule has 0 aliphatic heterocycles. The van der Waals surface area contributed by atoms with Gasteiger partial charge in [0.1, 0.15) is 5.75 Å². The van der Waals surface area contributed by atoms with Crippen molar-refractivity contribution in [2.75, 3.05) is 7.11 Å². The third-order valence-electron chi connectivity index (χ3n) is 2.11. The fraction of sp³-hybridized carbons (Fsp3) is 0.200. The third kappa shape index (κ3) is 1.44. The van der Waals surface area contributed by atoms with Gasteiger partial charge >= 0.3 is 0 Å². The molecular weight excluding hydrogens is 295 g/mol. The topological polar surface area (TPSA) is 9.23 Å². The smallest absolute Gasteiger partial charge is 0.123 e. The molecule has 68 valence electrons. The molecule has 1 heterocycles. The molecule has 2 aromatic rings. The third-order valence-corrected chi connectivity index (χ3v) is 4.54. The maximum atomic E-state index is 5.27. The highest BCUT2D eigenvalue weighted by Gasteiger charge is 2.07. The molecule has 0 radical (unpaired) electrons. The highest BCUT2D eigenvalue weighted by atomic mass is 127. The first kappa shape index (κ1) is 9.27. The normalized spacial score (nSPS) is 10.7. The van der Waals surface area contributed by atoms with E-state index < -0.39 is 0 Å². The summed E-state index contributed by atoms with van der Waals surface area (Å²) >= 11 is 4.15. The molecule has 0 saturated heterocycles. The van der Waals surface area contributed by atoms with Crippen LogP contribution in [0.3, 0.4) is 0 Å². The zero-order chi connectivity index (χ0) is 9.42. The van der Waals surface area contributed by atoms with E-state index in [9.17, 15) is 0 Å². The summed E-state index contributed by atoms with van der Waals surface area (Å²) in [6.07, 6.45) is 0. The number of halogens is 1. The van der Waals surface area contributed by atoms with Crippen LogP contribution >= 0.6 is 33.9 Å². The number of methoxy groups -OCH3 is 1. The molecule has 2 rings (SSSR count). The van der Waals surface area contributed by atoms with Crippen LogP contribution in [0.4, 0.5) is 0 Å². The van der Waals surface area contributed by atoms with Crippen molar-refractivity contribution in [1.82, 2.24) is 0 Å². The molecule has 0 atom stereocenters.